The van der Waals surface area contributed by atoms with Crippen LogP contribution in [0, 0.1) is 5.82 Å². The summed E-state index contributed by atoms with van der Waals surface area (Å²) >= 11 is 12.1. The first-order valence-corrected chi connectivity index (χ1v) is 8.50. The van der Waals surface area contributed by atoms with Crippen LogP contribution in [0.1, 0.15) is 15.9 Å². The molecule has 0 aromatic heterocycles. The van der Waals surface area contributed by atoms with Gasteiger partial charge in [0.1, 0.15) is 18.2 Å². The molecule has 1 N–H and O–H groups in total. The standard InChI is InChI=1S/C20H14Cl2FNO2/c21-14-4-1-3-13(9-14)12-26-17-7-8-19(22)18(11-17)20(25)24-16-6-2-5-15(23)10-16/h1-11H,12H2,(H,24,25). The van der Waals surface area contributed by atoms with Gasteiger partial charge in [0, 0.05) is 10.7 Å². The summed E-state index contributed by atoms with van der Waals surface area (Å²) in [5.41, 5.74) is 1.48. The Kier molecular flexibility index (Phi) is 5.76. The summed E-state index contributed by atoms with van der Waals surface area (Å²) in [5, 5.41) is 3.51. The summed E-state index contributed by atoms with van der Waals surface area (Å²) in [7, 11) is 0. The summed E-state index contributed by atoms with van der Waals surface area (Å²) in [5.74, 6) is -0.403. The minimum absolute atomic E-state index is 0.236. The largest absolute Gasteiger partial charge is 0.489 e. The van der Waals surface area contributed by atoms with E-state index in [1.807, 2.05) is 12.1 Å². The van der Waals surface area contributed by atoms with Gasteiger partial charge in [0.05, 0.1) is 10.6 Å². The Bertz CT molecular complexity index is 947. The molecule has 3 aromatic carbocycles. The molecule has 0 radical (unpaired) electrons. The molecule has 0 atom stereocenters. The van der Waals surface area contributed by atoms with Crippen LogP contribution in [-0.2, 0) is 6.61 Å². The van der Waals surface area contributed by atoms with Gasteiger partial charge >= 0.3 is 0 Å². The molecular formula is C20H14Cl2FNO2. The summed E-state index contributed by atoms with van der Waals surface area (Å²) in [6.45, 7) is 0.299. The van der Waals surface area contributed by atoms with Crippen molar-refractivity contribution >= 4 is 34.8 Å². The second kappa shape index (κ2) is 8.21. The average molecular weight is 390 g/mol. The van der Waals surface area contributed by atoms with Gasteiger partial charge in [-0.3, -0.25) is 4.79 Å². The number of hydrogen-bond donors (Lipinski definition) is 1. The first-order chi connectivity index (χ1) is 12.5. The zero-order valence-corrected chi connectivity index (χ0v) is 15.0. The van der Waals surface area contributed by atoms with Gasteiger partial charge in [-0.1, -0.05) is 41.4 Å². The SMILES string of the molecule is O=C(Nc1cccc(F)c1)c1cc(OCc2cccc(Cl)c2)ccc1Cl. The molecule has 0 heterocycles. The van der Waals surface area contributed by atoms with Gasteiger partial charge in [0.15, 0.2) is 0 Å². The van der Waals surface area contributed by atoms with Gasteiger partial charge in [0.2, 0.25) is 0 Å². The van der Waals surface area contributed by atoms with Crippen LogP contribution in [0.15, 0.2) is 66.7 Å². The van der Waals surface area contributed by atoms with E-state index in [1.54, 1.807) is 36.4 Å². The van der Waals surface area contributed by atoms with Gasteiger partial charge < -0.3 is 10.1 Å². The topological polar surface area (TPSA) is 38.3 Å². The Balaban J connectivity index is 1.73. The minimum atomic E-state index is -0.450. The van der Waals surface area contributed by atoms with Crippen LogP contribution in [0.25, 0.3) is 0 Å². The maximum atomic E-state index is 13.2. The highest BCUT2D eigenvalue weighted by Crippen LogP contribution is 2.24. The van der Waals surface area contributed by atoms with E-state index in [-0.39, 0.29) is 10.6 Å². The molecule has 0 saturated carbocycles. The maximum absolute atomic E-state index is 13.2. The van der Waals surface area contributed by atoms with E-state index in [4.69, 9.17) is 27.9 Å². The molecule has 0 unspecified atom stereocenters. The number of amides is 1. The molecule has 3 rings (SSSR count). The van der Waals surface area contributed by atoms with Gasteiger partial charge in [-0.25, -0.2) is 4.39 Å². The molecule has 3 nitrogen and oxygen atoms in total. The number of carbonyl (C=O) groups is 1. The number of carbonyl (C=O) groups excluding carboxylic acids is 1. The average Bonchev–Trinajstić information content (AvgIpc) is 2.61. The Morgan fingerprint density at radius 1 is 1.00 bits per heavy atom. The van der Waals surface area contributed by atoms with Crippen molar-refractivity contribution in [2.75, 3.05) is 5.32 Å². The molecular weight excluding hydrogens is 376 g/mol. The monoisotopic (exact) mass is 389 g/mol. The Labute approximate surface area is 160 Å². The van der Waals surface area contributed by atoms with Gasteiger partial charge in [0.25, 0.3) is 5.91 Å². The van der Waals surface area contributed by atoms with Crippen molar-refractivity contribution in [2.45, 2.75) is 6.61 Å². The number of hydrogen-bond acceptors (Lipinski definition) is 2. The molecule has 0 aliphatic rings. The van der Waals surface area contributed by atoms with Crippen LogP contribution in [0.5, 0.6) is 5.75 Å². The zero-order valence-electron chi connectivity index (χ0n) is 13.5. The number of nitrogens with one attached hydrogen (secondary N) is 1. The van der Waals surface area contributed by atoms with Gasteiger partial charge in [-0.2, -0.15) is 0 Å². The highest BCUT2D eigenvalue weighted by molar-refractivity contribution is 6.34. The number of benzene rings is 3. The summed E-state index contributed by atoms with van der Waals surface area (Å²) in [6, 6.07) is 17.7. The number of ether oxygens (including phenoxy) is 1. The molecule has 0 fully saturated rings. The summed E-state index contributed by atoms with van der Waals surface area (Å²) < 4.78 is 19.0. The maximum Gasteiger partial charge on any atom is 0.257 e. The number of anilines is 1. The van der Waals surface area contributed by atoms with E-state index in [1.165, 1.54) is 18.2 Å². The van der Waals surface area contributed by atoms with Gasteiger partial charge in [-0.15, -0.1) is 0 Å². The third-order valence-electron chi connectivity index (χ3n) is 3.56. The molecule has 0 aliphatic carbocycles. The molecule has 0 aliphatic heterocycles. The Hall–Kier alpha value is -2.56. The van der Waals surface area contributed by atoms with Crippen molar-refractivity contribution in [3.63, 3.8) is 0 Å². The highest BCUT2D eigenvalue weighted by Gasteiger charge is 2.13. The Morgan fingerprint density at radius 3 is 2.58 bits per heavy atom. The van der Waals surface area contributed by atoms with E-state index in [9.17, 15) is 9.18 Å². The predicted octanol–water partition coefficient (Wildman–Crippen LogP) is 5.96. The van der Waals surface area contributed by atoms with Crippen molar-refractivity contribution in [3.05, 3.63) is 93.7 Å². The normalized spacial score (nSPS) is 10.4. The van der Waals surface area contributed by atoms with E-state index >= 15 is 0 Å². The van der Waals surface area contributed by atoms with Crippen molar-refractivity contribution in [1.82, 2.24) is 0 Å². The second-order valence-corrected chi connectivity index (χ2v) is 6.37. The molecule has 1 amide bonds. The molecule has 3 aromatic rings. The smallest absolute Gasteiger partial charge is 0.257 e. The summed E-state index contributed by atoms with van der Waals surface area (Å²) in [4.78, 5) is 12.4. The third-order valence-corrected chi connectivity index (χ3v) is 4.12. The second-order valence-electron chi connectivity index (χ2n) is 5.52. The molecule has 0 saturated heterocycles. The molecule has 26 heavy (non-hydrogen) atoms. The van der Waals surface area contributed by atoms with Crippen LogP contribution in [0.3, 0.4) is 0 Å². The van der Waals surface area contributed by atoms with Crippen molar-refractivity contribution in [3.8, 4) is 5.75 Å². The van der Waals surface area contributed by atoms with E-state index in [0.717, 1.165) is 5.56 Å². The highest BCUT2D eigenvalue weighted by atomic mass is 35.5. The lowest BCUT2D eigenvalue weighted by Gasteiger charge is -2.11. The van der Waals surface area contributed by atoms with Crippen LogP contribution in [-0.4, -0.2) is 5.91 Å². The van der Waals surface area contributed by atoms with E-state index < -0.39 is 11.7 Å². The predicted molar refractivity (Wildman–Crippen MR) is 102 cm³/mol. The Morgan fingerprint density at radius 2 is 1.81 bits per heavy atom. The number of rotatable bonds is 5. The van der Waals surface area contributed by atoms with Crippen molar-refractivity contribution < 1.29 is 13.9 Å². The fourth-order valence-electron chi connectivity index (χ4n) is 2.33. The quantitative estimate of drug-likeness (QED) is 0.584. The minimum Gasteiger partial charge on any atom is -0.489 e. The van der Waals surface area contributed by atoms with Gasteiger partial charge in [-0.05, 0) is 54.1 Å². The molecule has 6 heteroatoms. The van der Waals surface area contributed by atoms with Crippen LogP contribution >= 0.6 is 23.2 Å². The zero-order chi connectivity index (χ0) is 18.5. The first-order valence-electron chi connectivity index (χ1n) is 7.75. The van der Waals surface area contributed by atoms with Crippen molar-refractivity contribution in [2.24, 2.45) is 0 Å². The lowest BCUT2D eigenvalue weighted by Crippen LogP contribution is -2.12. The van der Waals surface area contributed by atoms with Crippen LogP contribution in [0.4, 0.5) is 10.1 Å². The summed E-state index contributed by atoms with van der Waals surface area (Å²) in [6.07, 6.45) is 0. The molecule has 0 bridgehead atoms. The first kappa shape index (κ1) is 18.2. The lowest BCUT2D eigenvalue weighted by molar-refractivity contribution is 0.102. The third kappa shape index (κ3) is 4.75. The van der Waals surface area contributed by atoms with Crippen LogP contribution < -0.4 is 10.1 Å². The fourth-order valence-corrected chi connectivity index (χ4v) is 2.74. The lowest BCUT2D eigenvalue weighted by atomic mass is 10.2. The van der Waals surface area contributed by atoms with Crippen molar-refractivity contribution in [1.29, 1.82) is 0 Å². The molecule has 0 spiro atoms. The fraction of sp³-hybridized carbons (Fsp3) is 0.0500. The van der Waals surface area contributed by atoms with E-state index in [2.05, 4.69) is 5.32 Å². The van der Waals surface area contributed by atoms with Crippen LogP contribution in [0.2, 0.25) is 10.0 Å². The van der Waals surface area contributed by atoms with E-state index in [0.29, 0.717) is 23.1 Å². The number of halogens is 3. The molecule has 132 valence electrons.